The predicted octanol–water partition coefficient (Wildman–Crippen LogP) is 2.15. The maximum Gasteiger partial charge on any atom is 0.245 e. The summed E-state index contributed by atoms with van der Waals surface area (Å²) in [6.45, 7) is 7.85. The number of piperazine rings is 1. The lowest BCUT2D eigenvalue weighted by Gasteiger charge is -2.35. The van der Waals surface area contributed by atoms with Crippen molar-refractivity contribution in [2.24, 2.45) is 5.92 Å². The van der Waals surface area contributed by atoms with Gasteiger partial charge in [0.15, 0.2) is 0 Å². The van der Waals surface area contributed by atoms with E-state index in [2.05, 4.69) is 31.1 Å². The molecule has 0 saturated carbocycles. The van der Waals surface area contributed by atoms with Crippen LogP contribution in [-0.2, 0) is 9.59 Å². The number of benzene rings is 1. The number of likely N-dealkylation sites (N-methyl/N-ethyl adjacent to an activating group) is 1. The van der Waals surface area contributed by atoms with E-state index < -0.39 is 6.04 Å². The summed E-state index contributed by atoms with van der Waals surface area (Å²) in [5.74, 6) is 1.11. The van der Waals surface area contributed by atoms with E-state index in [0.29, 0.717) is 31.8 Å². The van der Waals surface area contributed by atoms with Crippen LogP contribution in [0, 0.1) is 5.92 Å². The second-order valence-corrected chi connectivity index (χ2v) is 7.64. The van der Waals surface area contributed by atoms with Crippen molar-refractivity contribution in [3.8, 4) is 5.75 Å². The number of hydrogen-bond donors (Lipinski definition) is 1. The summed E-state index contributed by atoms with van der Waals surface area (Å²) in [5, 5.41) is 2.96. The van der Waals surface area contributed by atoms with Gasteiger partial charge in [0.25, 0.3) is 0 Å². The van der Waals surface area contributed by atoms with E-state index in [1.807, 2.05) is 35.2 Å². The Balaban J connectivity index is 1.78. The number of nitrogens with zero attached hydrogens (tertiary/aromatic N) is 2. The zero-order valence-electron chi connectivity index (χ0n) is 16.8. The highest BCUT2D eigenvalue weighted by atomic mass is 16.5. The highest BCUT2D eigenvalue weighted by Crippen LogP contribution is 2.11. The molecule has 0 bridgehead atoms. The quantitative estimate of drug-likeness (QED) is 0.672. The first-order chi connectivity index (χ1) is 13.0. The van der Waals surface area contributed by atoms with Gasteiger partial charge in [-0.15, -0.1) is 0 Å². The van der Waals surface area contributed by atoms with Gasteiger partial charge < -0.3 is 19.9 Å². The molecule has 1 fully saturated rings. The van der Waals surface area contributed by atoms with E-state index in [-0.39, 0.29) is 11.8 Å². The third kappa shape index (κ3) is 7.59. The zero-order chi connectivity index (χ0) is 19.6. The second kappa shape index (κ2) is 10.9. The average Bonchev–Trinajstić information content (AvgIpc) is 2.65. The molecule has 0 spiro atoms. The number of rotatable bonds is 9. The summed E-state index contributed by atoms with van der Waals surface area (Å²) < 4.78 is 5.62. The molecule has 1 atom stereocenters. The van der Waals surface area contributed by atoms with Gasteiger partial charge >= 0.3 is 0 Å². The van der Waals surface area contributed by atoms with Gasteiger partial charge in [-0.2, -0.15) is 0 Å². The van der Waals surface area contributed by atoms with E-state index in [4.69, 9.17) is 4.74 Å². The largest absolute Gasteiger partial charge is 0.494 e. The Labute approximate surface area is 162 Å². The fraction of sp³-hybridized carbons (Fsp3) is 0.619. The number of hydrogen-bond acceptors (Lipinski definition) is 4. The lowest BCUT2D eigenvalue weighted by atomic mass is 10.0. The van der Waals surface area contributed by atoms with Crippen molar-refractivity contribution in [2.45, 2.75) is 39.2 Å². The van der Waals surface area contributed by atoms with Crippen LogP contribution >= 0.6 is 0 Å². The average molecular weight is 376 g/mol. The van der Waals surface area contributed by atoms with Crippen LogP contribution in [-0.4, -0.2) is 67.5 Å². The smallest absolute Gasteiger partial charge is 0.245 e. The van der Waals surface area contributed by atoms with Crippen LogP contribution in [0.4, 0.5) is 0 Å². The first-order valence-electron chi connectivity index (χ1n) is 9.90. The molecule has 1 N–H and O–H groups in total. The Morgan fingerprint density at radius 1 is 1.11 bits per heavy atom. The van der Waals surface area contributed by atoms with Gasteiger partial charge in [-0.1, -0.05) is 32.0 Å². The van der Waals surface area contributed by atoms with Gasteiger partial charge in [-0.25, -0.2) is 0 Å². The van der Waals surface area contributed by atoms with Crippen molar-refractivity contribution < 1.29 is 14.3 Å². The Kier molecular flexibility index (Phi) is 8.58. The summed E-state index contributed by atoms with van der Waals surface area (Å²) in [6, 6.07) is 9.13. The Morgan fingerprint density at radius 2 is 1.78 bits per heavy atom. The third-order valence-electron chi connectivity index (χ3n) is 4.72. The van der Waals surface area contributed by atoms with Crippen LogP contribution in [0.3, 0.4) is 0 Å². The molecule has 1 aliphatic rings. The van der Waals surface area contributed by atoms with E-state index in [1.165, 1.54) is 0 Å². The van der Waals surface area contributed by atoms with Gasteiger partial charge in [0.2, 0.25) is 11.8 Å². The van der Waals surface area contributed by atoms with Gasteiger partial charge in [-0.3, -0.25) is 9.59 Å². The van der Waals surface area contributed by atoms with Crippen molar-refractivity contribution in [1.29, 1.82) is 0 Å². The summed E-state index contributed by atoms with van der Waals surface area (Å²) in [7, 11) is 2.06. The molecule has 1 heterocycles. The zero-order valence-corrected chi connectivity index (χ0v) is 16.8. The van der Waals surface area contributed by atoms with Crippen molar-refractivity contribution in [1.82, 2.24) is 15.1 Å². The number of carbonyl (C=O) groups is 2. The van der Waals surface area contributed by atoms with Crippen molar-refractivity contribution in [3.05, 3.63) is 30.3 Å². The second-order valence-electron chi connectivity index (χ2n) is 7.64. The Hall–Kier alpha value is -2.08. The third-order valence-corrected chi connectivity index (χ3v) is 4.72. The summed E-state index contributed by atoms with van der Waals surface area (Å²) >= 11 is 0. The van der Waals surface area contributed by atoms with E-state index in [0.717, 1.165) is 31.9 Å². The summed E-state index contributed by atoms with van der Waals surface area (Å²) in [5.41, 5.74) is 0. The molecule has 0 unspecified atom stereocenters. The normalized spacial score (nSPS) is 16.2. The first kappa shape index (κ1) is 21.2. The number of para-hydroxylation sites is 1. The van der Waals surface area contributed by atoms with E-state index in [1.54, 1.807) is 0 Å². The molecular formula is C21H33N3O3. The molecule has 2 rings (SSSR count). The molecule has 150 valence electrons. The minimum absolute atomic E-state index is 0.0469. The van der Waals surface area contributed by atoms with Crippen LogP contribution in [0.5, 0.6) is 5.75 Å². The van der Waals surface area contributed by atoms with Crippen LogP contribution in [0.15, 0.2) is 30.3 Å². The molecule has 27 heavy (non-hydrogen) atoms. The maximum absolute atomic E-state index is 12.9. The molecule has 1 aromatic carbocycles. The minimum Gasteiger partial charge on any atom is -0.494 e. The van der Waals surface area contributed by atoms with Gasteiger partial charge in [0.1, 0.15) is 11.8 Å². The van der Waals surface area contributed by atoms with Crippen LogP contribution in [0.1, 0.15) is 33.1 Å². The van der Waals surface area contributed by atoms with Crippen molar-refractivity contribution in [3.63, 3.8) is 0 Å². The highest BCUT2D eigenvalue weighted by Gasteiger charge is 2.28. The molecule has 1 saturated heterocycles. The Bertz CT molecular complexity index is 584. The number of nitrogens with one attached hydrogen (secondary N) is 1. The molecule has 1 aliphatic heterocycles. The lowest BCUT2D eigenvalue weighted by molar-refractivity contribution is -0.138. The number of carbonyl (C=O) groups excluding carboxylic acids is 2. The SMILES string of the molecule is CC(C)C[C@H](NC(=O)CCCOc1ccccc1)C(=O)N1CCN(C)CC1. The van der Waals surface area contributed by atoms with Crippen molar-refractivity contribution in [2.75, 3.05) is 39.8 Å². The number of amides is 2. The topological polar surface area (TPSA) is 61.9 Å². The lowest BCUT2D eigenvalue weighted by Crippen LogP contribution is -2.54. The highest BCUT2D eigenvalue weighted by molar-refractivity contribution is 5.87. The molecule has 0 aliphatic carbocycles. The minimum atomic E-state index is -0.434. The van der Waals surface area contributed by atoms with Crippen LogP contribution in [0.25, 0.3) is 0 Å². The van der Waals surface area contributed by atoms with Gasteiger partial charge in [-0.05, 0) is 37.9 Å². The first-order valence-corrected chi connectivity index (χ1v) is 9.90. The van der Waals surface area contributed by atoms with E-state index in [9.17, 15) is 9.59 Å². The monoisotopic (exact) mass is 375 g/mol. The number of ether oxygens (including phenoxy) is 1. The van der Waals surface area contributed by atoms with Gasteiger partial charge in [0, 0.05) is 32.6 Å². The van der Waals surface area contributed by atoms with Crippen LogP contribution in [0.2, 0.25) is 0 Å². The van der Waals surface area contributed by atoms with Crippen molar-refractivity contribution >= 4 is 11.8 Å². The fourth-order valence-corrected chi connectivity index (χ4v) is 3.15. The molecule has 6 heteroatoms. The maximum atomic E-state index is 12.9. The Morgan fingerprint density at radius 3 is 2.41 bits per heavy atom. The molecule has 6 nitrogen and oxygen atoms in total. The predicted molar refractivity (Wildman–Crippen MR) is 107 cm³/mol. The van der Waals surface area contributed by atoms with Gasteiger partial charge in [0.05, 0.1) is 6.61 Å². The fourth-order valence-electron chi connectivity index (χ4n) is 3.15. The van der Waals surface area contributed by atoms with Crippen LogP contribution < -0.4 is 10.1 Å². The standard InChI is InChI=1S/C21H33N3O3/c1-17(2)16-19(21(26)24-13-11-23(3)12-14-24)22-20(25)10-7-15-27-18-8-5-4-6-9-18/h4-6,8-9,17,19H,7,10-16H2,1-3H3,(H,22,25)/t19-/m0/s1. The van der Waals surface area contributed by atoms with E-state index >= 15 is 0 Å². The molecule has 0 radical (unpaired) electrons. The summed E-state index contributed by atoms with van der Waals surface area (Å²) in [6.07, 6.45) is 1.65. The molecule has 2 amide bonds. The molecular weight excluding hydrogens is 342 g/mol. The summed E-state index contributed by atoms with van der Waals surface area (Å²) in [4.78, 5) is 29.3. The molecule has 1 aromatic rings. The molecule has 0 aromatic heterocycles.